The highest BCUT2D eigenvalue weighted by molar-refractivity contribution is 8.01. The highest BCUT2D eigenvalue weighted by Gasteiger charge is 2.19. The molecule has 0 spiro atoms. The van der Waals surface area contributed by atoms with Gasteiger partial charge in [-0.2, -0.15) is 0 Å². The summed E-state index contributed by atoms with van der Waals surface area (Å²) >= 11 is 4.62. The molecule has 2 rings (SSSR count). The van der Waals surface area contributed by atoms with Gasteiger partial charge in [0.1, 0.15) is 0 Å². The van der Waals surface area contributed by atoms with Crippen LogP contribution in [0.3, 0.4) is 0 Å². The number of rotatable bonds is 7. The number of thioether (sulfide) groups is 2. The number of nitrogens with one attached hydrogen (secondary N) is 1. The first kappa shape index (κ1) is 16.3. The Labute approximate surface area is 137 Å². The van der Waals surface area contributed by atoms with E-state index in [1.807, 2.05) is 37.3 Å². The number of aromatic nitrogens is 2. The van der Waals surface area contributed by atoms with Crippen molar-refractivity contribution in [3.63, 3.8) is 0 Å². The molecule has 0 aliphatic rings. The molecule has 2 aromatic rings. The molecule has 0 radical (unpaired) electrons. The summed E-state index contributed by atoms with van der Waals surface area (Å²) < 4.78 is 0.886. The second kappa shape index (κ2) is 8.41. The molecule has 7 heteroatoms. The summed E-state index contributed by atoms with van der Waals surface area (Å²) in [6.45, 7) is 4.08. The van der Waals surface area contributed by atoms with Crippen molar-refractivity contribution in [2.75, 3.05) is 11.1 Å². The molecule has 1 N–H and O–H groups in total. The lowest BCUT2D eigenvalue weighted by molar-refractivity contribution is -0.115. The van der Waals surface area contributed by atoms with Crippen molar-refractivity contribution in [1.82, 2.24) is 10.2 Å². The van der Waals surface area contributed by atoms with Gasteiger partial charge < -0.3 is 0 Å². The number of anilines is 1. The normalized spacial score (nSPS) is 12.1. The van der Waals surface area contributed by atoms with Crippen molar-refractivity contribution in [1.29, 1.82) is 0 Å². The molecule has 0 bridgehead atoms. The van der Waals surface area contributed by atoms with Crippen molar-refractivity contribution in [3.8, 4) is 0 Å². The van der Waals surface area contributed by atoms with Crippen LogP contribution in [0.5, 0.6) is 0 Å². The van der Waals surface area contributed by atoms with Crippen molar-refractivity contribution in [2.24, 2.45) is 0 Å². The molecule has 4 nitrogen and oxygen atoms in total. The third-order valence-electron chi connectivity index (χ3n) is 2.59. The third-order valence-corrected chi connectivity index (χ3v) is 5.82. The quantitative estimate of drug-likeness (QED) is 0.606. The van der Waals surface area contributed by atoms with Gasteiger partial charge in [-0.3, -0.25) is 10.1 Å². The molecule has 1 amide bonds. The zero-order valence-electron chi connectivity index (χ0n) is 11.9. The molecule has 1 atom stereocenters. The number of amides is 1. The standard InChI is InChI=1S/C14H17N3OS3/c1-3-11(20-10-8-6-5-7-9-10)12(18)15-13-16-17-14(21-13)19-4-2/h5-9,11H,3-4H2,1-2H3,(H,15,16,18). The van der Waals surface area contributed by atoms with Crippen LogP contribution in [0, 0.1) is 0 Å². The number of carbonyl (C=O) groups is 1. The number of benzene rings is 1. The molecule has 1 unspecified atom stereocenters. The van der Waals surface area contributed by atoms with E-state index in [4.69, 9.17) is 0 Å². The lowest BCUT2D eigenvalue weighted by Gasteiger charge is -2.13. The fraction of sp³-hybridized carbons (Fsp3) is 0.357. The summed E-state index contributed by atoms with van der Waals surface area (Å²) in [6, 6.07) is 9.96. The third kappa shape index (κ3) is 5.01. The Morgan fingerprint density at radius 2 is 2.05 bits per heavy atom. The SMILES string of the molecule is CCSc1nnc(NC(=O)C(CC)Sc2ccccc2)s1. The molecule has 1 heterocycles. The fourth-order valence-corrected chi connectivity index (χ4v) is 4.24. The molecule has 0 saturated carbocycles. The minimum Gasteiger partial charge on any atom is -0.300 e. The largest absolute Gasteiger partial charge is 0.300 e. The maximum atomic E-state index is 12.3. The molecule has 0 aliphatic heterocycles. The molecular formula is C14H17N3OS3. The molecule has 0 saturated heterocycles. The minimum absolute atomic E-state index is 0.0180. The first-order valence-corrected chi connectivity index (χ1v) is 9.40. The van der Waals surface area contributed by atoms with Crippen LogP contribution in [0.2, 0.25) is 0 Å². The summed E-state index contributed by atoms with van der Waals surface area (Å²) in [5.41, 5.74) is 0. The number of carbonyl (C=O) groups excluding carboxylic acids is 1. The first-order valence-electron chi connectivity index (χ1n) is 6.71. The van der Waals surface area contributed by atoms with Crippen LogP contribution in [0.15, 0.2) is 39.6 Å². The van der Waals surface area contributed by atoms with E-state index in [0.717, 1.165) is 21.4 Å². The van der Waals surface area contributed by atoms with E-state index < -0.39 is 0 Å². The van der Waals surface area contributed by atoms with Crippen LogP contribution in [-0.2, 0) is 4.79 Å². The lowest BCUT2D eigenvalue weighted by atomic mass is 10.3. The maximum absolute atomic E-state index is 12.3. The van der Waals surface area contributed by atoms with Gasteiger partial charge >= 0.3 is 0 Å². The minimum atomic E-state index is -0.126. The monoisotopic (exact) mass is 339 g/mol. The summed E-state index contributed by atoms with van der Waals surface area (Å²) in [5, 5.41) is 11.4. The molecule has 1 aromatic heterocycles. The lowest BCUT2D eigenvalue weighted by Crippen LogP contribution is -2.24. The fourth-order valence-electron chi connectivity index (χ4n) is 1.61. The zero-order chi connectivity index (χ0) is 15.1. The molecule has 1 aromatic carbocycles. The average Bonchev–Trinajstić information content (AvgIpc) is 2.93. The Kier molecular flexibility index (Phi) is 6.53. The van der Waals surface area contributed by atoms with Crippen LogP contribution in [0.4, 0.5) is 5.13 Å². The topological polar surface area (TPSA) is 54.9 Å². The first-order chi connectivity index (χ1) is 10.2. The summed E-state index contributed by atoms with van der Waals surface area (Å²) in [5.74, 6) is 0.930. The molecular weight excluding hydrogens is 322 g/mol. The summed E-state index contributed by atoms with van der Waals surface area (Å²) in [6.07, 6.45) is 0.765. The molecule has 0 fully saturated rings. The smallest absolute Gasteiger partial charge is 0.239 e. The van der Waals surface area contributed by atoms with Gasteiger partial charge in [-0.25, -0.2) is 0 Å². The molecule has 21 heavy (non-hydrogen) atoms. The van der Waals surface area contributed by atoms with Gasteiger partial charge in [0.05, 0.1) is 5.25 Å². The molecule has 0 aliphatic carbocycles. The van der Waals surface area contributed by atoms with Gasteiger partial charge in [0.2, 0.25) is 11.0 Å². The van der Waals surface area contributed by atoms with Crippen LogP contribution >= 0.6 is 34.9 Å². The van der Waals surface area contributed by atoms with Crippen molar-refractivity contribution < 1.29 is 4.79 Å². The second-order valence-corrected chi connectivity index (χ2v) is 7.89. The van der Waals surface area contributed by atoms with E-state index >= 15 is 0 Å². The van der Waals surface area contributed by atoms with Gasteiger partial charge in [-0.05, 0) is 24.3 Å². The Bertz CT molecular complexity index is 574. The van der Waals surface area contributed by atoms with Crippen LogP contribution < -0.4 is 5.32 Å². The van der Waals surface area contributed by atoms with E-state index in [1.54, 1.807) is 23.5 Å². The van der Waals surface area contributed by atoms with Crippen molar-refractivity contribution >= 4 is 45.9 Å². The number of nitrogens with zero attached hydrogens (tertiary/aromatic N) is 2. The Morgan fingerprint density at radius 1 is 1.29 bits per heavy atom. The Balaban J connectivity index is 1.96. The van der Waals surface area contributed by atoms with E-state index in [0.29, 0.717) is 5.13 Å². The van der Waals surface area contributed by atoms with E-state index in [9.17, 15) is 4.79 Å². The average molecular weight is 340 g/mol. The van der Waals surface area contributed by atoms with Crippen molar-refractivity contribution in [2.45, 2.75) is 34.8 Å². The summed E-state index contributed by atoms with van der Waals surface area (Å²) in [4.78, 5) is 13.4. The number of hydrogen-bond donors (Lipinski definition) is 1. The Hall–Kier alpha value is -1.05. The van der Waals surface area contributed by atoms with E-state index in [2.05, 4.69) is 22.4 Å². The van der Waals surface area contributed by atoms with E-state index in [1.165, 1.54) is 11.3 Å². The van der Waals surface area contributed by atoms with Crippen LogP contribution in [-0.4, -0.2) is 27.1 Å². The highest BCUT2D eigenvalue weighted by Crippen LogP contribution is 2.28. The van der Waals surface area contributed by atoms with Crippen LogP contribution in [0.25, 0.3) is 0 Å². The van der Waals surface area contributed by atoms with Gasteiger partial charge in [0, 0.05) is 4.90 Å². The van der Waals surface area contributed by atoms with Crippen molar-refractivity contribution in [3.05, 3.63) is 30.3 Å². The highest BCUT2D eigenvalue weighted by atomic mass is 32.2. The van der Waals surface area contributed by atoms with Crippen LogP contribution in [0.1, 0.15) is 20.3 Å². The van der Waals surface area contributed by atoms with E-state index in [-0.39, 0.29) is 11.2 Å². The predicted octanol–water partition coefficient (Wildman–Crippen LogP) is 4.16. The maximum Gasteiger partial charge on any atom is 0.239 e. The van der Waals surface area contributed by atoms with Gasteiger partial charge in [0.25, 0.3) is 0 Å². The second-order valence-electron chi connectivity index (χ2n) is 4.12. The Morgan fingerprint density at radius 3 is 2.71 bits per heavy atom. The number of hydrogen-bond acceptors (Lipinski definition) is 6. The summed E-state index contributed by atoms with van der Waals surface area (Å²) in [7, 11) is 0. The predicted molar refractivity (Wildman–Crippen MR) is 91.3 cm³/mol. The zero-order valence-corrected chi connectivity index (χ0v) is 14.4. The molecule has 112 valence electrons. The van der Waals surface area contributed by atoms with Gasteiger partial charge in [-0.15, -0.1) is 22.0 Å². The van der Waals surface area contributed by atoms with Gasteiger partial charge in [0.15, 0.2) is 4.34 Å². The van der Waals surface area contributed by atoms with Gasteiger partial charge in [-0.1, -0.05) is 55.1 Å².